The monoisotopic (exact) mass is 332 g/mol. The van der Waals surface area contributed by atoms with Crippen LogP contribution < -0.4 is 15.4 Å². The van der Waals surface area contributed by atoms with E-state index < -0.39 is 6.04 Å². The number of anilines is 1. The van der Waals surface area contributed by atoms with E-state index in [1.54, 1.807) is 29.0 Å². The highest BCUT2D eigenvalue weighted by molar-refractivity contribution is 5.96. The van der Waals surface area contributed by atoms with Gasteiger partial charge >= 0.3 is 6.03 Å². The van der Waals surface area contributed by atoms with Crippen molar-refractivity contribution in [1.29, 1.82) is 0 Å². The SMILES string of the molecule is COc1ccc(NC(=O)N2CCN3C(=O)CNC(=O)[C@@H]3C2)c(C)c1. The summed E-state index contributed by atoms with van der Waals surface area (Å²) in [7, 11) is 1.59. The third-order valence-corrected chi connectivity index (χ3v) is 4.38. The van der Waals surface area contributed by atoms with E-state index in [1.165, 1.54) is 0 Å². The van der Waals surface area contributed by atoms with E-state index in [0.717, 1.165) is 11.3 Å². The number of hydrogen-bond donors (Lipinski definition) is 2. The number of ether oxygens (including phenoxy) is 1. The molecule has 8 nitrogen and oxygen atoms in total. The molecule has 8 heteroatoms. The Labute approximate surface area is 139 Å². The Hall–Kier alpha value is -2.77. The van der Waals surface area contributed by atoms with Crippen molar-refractivity contribution in [2.45, 2.75) is 13.0 Å². The summed E-state index contributed by atoms with van der Waals surface area (Å²) in [6.07, 6.45) is 0. The van der Waals surface area contributed by atoms with Gasteiger partial charge in [-0.1, -0.05) is 0 Å². The number of nitrogens with zero attached hydrogens (tertiary/aromatic N) is 2. The Morgan fingerprint density at radius 3 is 2.83 bits per heavy atom. The average Bonchev–Trinajstić information content (AvgIpc) is 2.59. The molecule has 1 aromatic carbocycles. The molecule has 0 bridgehead atoms. The maximum absolute atomic E-state index is 12.5. The minimum atomic E-state index is -0.609. The molecule has 3 rings (SSSR count). The lowest BCUT2D eigenvalue weighted by atomic mass is 10.1. The van der Waals surface area contributed by atoms with Gasteiger partial charge in [0.05, 0.1) is 20.2 Å². The van der Waals surface area contributed by atoms with E-state index in [-0.39, 0.29) is 30.9 Å². The summed E-state index contributed by atoms with van der Waals surface area (Å²) in [5, 5.41) is 5.41. The lowest BCUT2D eigenvalue weighted by Gasteiger charge is -2.42. The molecule has 0 unspecified atom stereocenters. The minimum Gasteiger partial charge on any atom is -0.497 e. The fourth-order valence-electron chi connectivity index (χ4n) is 2.97. The fourth-order valence-corrected chi connectivity index (χ4v) is 2.97. The Morgan fingerprint density at radius 2 is 2.12 bits per heavy atom. The molecule has 2 aliphatic rings. The van der Waals surface area contributed by atoms with Crippen LogP contribution in [0.25, 0.3) is 0 Å². The first-order valence-electron chi connectivity index (χ1n) is 7.77. The van der Waals surface area contributed by atoms with Gasteiger partial charge in [-0.3, -0.25) is 9.59 Å². The van der Waals surface area contributed by atoms with Crippen LogP contribution in [0.5, 0.6) is 5.75 Å². The first-order valence-corrected chi connectivity index (χ1v) is 7.77. The molecule has 128 valence electrons. The highest BCUT2D eigenvalue weighted by Crippen LogP contribution is 2.22. The number of carbonyl (C=O) groups is 3. The summed E-state index contributed by atoms with van der Waals surface area (Å²) in [5.74, 6) is 0.398. The molecule has 1 aromatic rings. The van der Waals surface area contributed by atoms with E-state index in [4.69, 9.17) is 4.74 Å². The number of piperazine rings is 2. The Balaban J connectivity index is 1.68. The van der Waals surface area contributed by atoms with E-state index in [2.05, 4.69) is 10.6 Å². The number of methoxy groups -OCH3 is 1. The smallest absolute Gasteiger partial charge is 0.321 e. The first-order chi connectivity index (χ1) is 11.5. The van der Waals surface area contributed by atoms with Crippen LogP contribution in [0.3, 0.4) is 0 Å². The summed E-state index contributed by atoms with van der Waals surface area (Å²) in [4.78, 5) is 39.4. The zero-order valence-corrected chi connectivity index (χ0v) is 13.7. The first kappa shape index (κ1) is 16.1. The number of amides is 4. The molecule has 0 spiro atoms. The maximum Gasteiger partial charge on any atom is 0.321 e. The van der Waals surface area contributed by atoms with Gasteiger partial charge in [-0.25, -0.2) is 4.79 Å². The molecule has 1 atom stereocenters. The predicted octanol–water partition coefficient (Wildman–Crippen LogP) is 0.178. The van der Waals surface area contributed by atoms with Gasteiger partial charge in [0, 0.05) is 18.8 Å². The van der Waals surface area contributed by atoms with E-state index in [9.17, 15) is 14.4 Å². The molecule has 2 heterocycles. The van der Waals surface area contributed by atoms with E-state index >= 15 is 0 Å². The largest absolute Gasteiger partial charge is 0.497 e. The molecule has 0 saturated carbocycles. The topological polar surface area (TPSA) is 91.0 Å². The molecule has 0 aromatic heterocycles. The predicted molar refractivity (Wildman–Crippen MR) is 86.8 cm³/mol. The molecule has 2 aliphatic heterocycles. The summed E-state index contributed by atoms with van der Waals surface area (Å²) < 4.78 is 5.15. The lowest BCUT2D eigenvalue weighted by molar-refractivity contribution is -0.148. The summed E-state index contributed by atoms with van der Waals surface area (Å²) in [5.41, 5.74) is 1.57. The van der Waals surface area contributed by atoms with Crippen molar-refractivity contribution >= 4 is 23.5 Å². The van der Waals surface area contributed by atoms with Gasteiger partial charge in [0.1, 0.15) is 11.8 Å². The van der Waals surface area contributed by atoms with Crippen molar-refractivity contribution in [1.82, 2.24) is 15.1 Å². The van der Waals surface area contributed by atoms with Crippen LogP contribution >= 0.6 is 0 Å². The molecule has 0 radical (unpaired) electrons. The van der Waals surface area contributed by atoms with Crippen molar-refractivity contribution in [3.05, 3.63) is 23.8 Å². The molecular formula is C16H20N4O4. The van der Waals surface area contributed by atoms with Gasteiger partial charge < -0.3 is 25.2 Å². The van der Waals surface area contributed by atoms with Gasteiger partial charge in [-0.05, 0) is 30.7 Å². The van der Waals surface area contributed by atoms with Crippen LogP contribution in [0.4, 0.5) is 10.5 Å². The fraction of sp³-hybridized carbons (Fsp3) is 0.438. The van der Waals surface area contributed by atoms with Gasteiger partial charge in [-0.2, -0.15) is 0 Å². The molecule has 24 heavy (non-hydrogen) atoms. The quantitative estimate of drug-likeness (QED) is 0.808. The standard InChI is InChI=1S/C16H20N4O4/c1-10-7-11(24-2)3-4-12(10)18-16(23)19-5-6-20-13(9-19)15(22)17-8-14(20)21/h3-4,7,13H,5-6,8-9H2,1-2H3,(H,17,22)(H,18,23)/t13-/m0/s1. The third kappa shape index (κ3) is 2.99. The van der Waals surface area contributed by atoms with E-state index in [0.29, 0.717) is 18.8 Å². The van der Waals surface area contributed by atoms with Crippen molar-refractivity contribution in [3.8, 4) is 5.75 Å². The number of benzene rings is 1. The summed E-state index contributed by atoms with van der Waals surface area (Å²) in [6, 6.07) is 4.49. The van der Waals surface area contributed by atoms with Crippen molar-refractivity contribution in [3.63, 3.8) is 0 Å². The zero-order valence-electron chi connectivity index (χ0n) is 13.7. The normalized spacial score (nSPS) is 20.3. The summed E-state index contributed by atoms with van der Waals surface area (Å²) >= 11 is 0. The maximum atomic E-state index is 12.5. The van der Waals surface area contributed by atoms with Crippen molar-refractivity contribution < 1.29 is 19.1 Å². The van der Waals surface area contributed by atoms with Crippen molar-refractivity contribution in [2.75, 3.05) is 38.6 Å². The number of aryl methyl sites for hydroxylation is 1. The number of hydrogen-bond acceptors (Lipinski definition) is 4. The third-order valence-electron chi connectivity index (χ3n) is 4.38. The second-order valence-corrected chi connectivity index (χ2v) is 5.88. The molecule has 0 aliphatic carbocycles. The van der Waals surface area contributed by atoms with Crippen LogP contribution in [-0.2, 0) is 9.59 Å². The minimum absolute atomic E-state index is 0.0343. The second kappa shape index (κ2) is 6.38. The van der Waals surface area contributed by atoms with E-state index in [1.807, 2.05) is 13.0 Å². The highest BCUT2D eigenvalue weighted by atomic mass is 16.5. The second-order valence-electron chi connectivity index (χ2n) is 5.88. The molecule has 2 fully saturated rings. The van der Waals surface area contributed by atoms with Gasteiger partial charge in [0.15, 0.2) is 0 Å². The average molecular weight is 332 g/mol. The van der Waals surface area contributed by atoms with Crippen molar-refractivity contribution in [2.24, 2.45) is 0 Å². The van der Waals surface area contributed by atoms with Crippen LogP contribution in [-0.4, -0.2) is 67.0 Å². The highest BCUT2D eigenvalue weighted by Gasteiger charge is 2.39. The molecule has 4 amide bonds. The number of fused-ring (bicyclic) bond motifs is 1. The van der Waals surface area contributed by atoms with Crippen LogP contribution in [0.1, 0.15) is 5.56 Å². The number of urea groups is 1. The molecular weight excluding hydrogens is 312 g/mol. The Morgan fingerprint density at radius 1 is 1.33 bits per heavy atom. The van der Waals surface area contributed by atoms with Gasteiger partial charge in [-0.15, -0.1) is 0 Å². The van der Waals surface area contributed by atoms with Gasteiger partial charge in [0.25, 0.3) is 0 Å². The number of nitrogens with one attached hydrogen (secondary N) is 2. The number of rotatable bonds is 2. The Kier molecular flexibility index (Phi) is 4.28. The Bertz CT molecular complexity index is 691. The number of carbonyl (C=O) groups excluding carboxylic acids is 3. The van der Waals surface area contributed by atoms with Crippen LogP contribution in [0.2, 0.25) is 0 Å². The lowest BCUT2D eigenvalue weighted by Crippen LogP contribution is -2.66. The van der Waals surface area contributed by atoms with Crippen LogP contribution in [0, 0.1) is 6.92 Å². The van der Waals surface area contributed by atoms with Gasteiger partial charge in [0.2, 0.25) is 11.8 Å². The zero-order chi connectivity index (χ0) is 17.3. The molecule has 2 N–H and O–H groups in total. The molecule has 2 saturated heterocycles. The van der Waals surface area contributed by atoms with Crippen LogP contribution in [0.15, 0.2) is 18.2 Å². The summed E-state index contributed by atoms with van der Waals surface area (Å²) in [6.45, 7) is 2.87.